The third-order valence-corrected chi connectivity index (χ3v) is 4.49. The van der Waals surface area contributed by atoms with Crippen molar-refractivity contribution >= 4 is 27.3 Å². The number of ether oxygens (including phenoxy) is 1. The molecule has 0 aliphatic rings. The molecule has 0 saturated carbocycles. The number of anilines is 1. The highest BCUT2D eigenvalue weighted by molar-refractivity contribution is 7.89. The molecule has 0 aliphatic heterocycles. The molecule has 0 unspecified atom stereocenters. The Morgan fingerprint density at radius 2 is 2.00 bits per heavy atom. The van der Waals surface area contributed by atoms with Crippen LogP contribution in [0.15, 0.2) is 47.4 Å². The van der Waals surface area contributed by atoms with Gasteiger partial charge in [-0.25, -0.2) is 13.1 Å². The number of hydrogen-bond acceptors (Lipinski definition) is 4. The minimum Gasteiger partial charge on any atom is -0.495 e. The maximum absolute atomic E-state index is 12.3. The molecular formula is C14H15ClN2O3S. The van der Waals surface area contributed by atoms with Crippen molar-refractivity contribution < 1.29 is 13.2 Å². The summed E-state index contributed by atoms with van der Waals surface area (Å²) >= 11 is 5.87. The van der Waals surface area contributed by atoms with Crippen molar-refractivity contribution in [2.75, 3.05) is 12.8 Å². The van der Waals surface area contributed by atoms with Gasteiger partial charge in [0.2, 0.25) is 10.0 Å². The molecule has 0 spiro atoms. The number of benzene rings is 2. The molecule has 21 heavy (non-hydrogen) atoms. The zero-order valence-electron chi connectivity index (χ0n) is 11.3. The molecule has 112 valence electrons. The van der Waals surface area contributed by atoms with Crippen LogP contribution in [0.1, 0.15) is 5.56 Å². The van der Waals surface area contributed by atoms with E-state index in [2.05, 4.69) is 4.72 Å². The van der Waals surface area contributed by atoms with Crippen LogP contribution >= 0.6 is 11.6 Å². The molecule has 2 aromatic carbocycles. The van der Waals surface area contributed by atoms with Gasteiger partial charge in [-0.2, -0.15) is 0 Å². The molecule has 0 amide bonds. The van der Waals surface area contributed by atoms with Crippen LogP contribution in [0, 0.1) is 0 Å². The first-order valence-corrected chi connectivity index (χ1v) is 7.96. The van der Waals surface area contributed by atoms with Crippen LogP contribution < -0.4 is 15.2 Å². The standard InChI is InChI=1S/C14H15ClN2O3S/c1-20-13-6-5-12(16)8-14(13)21(18,19)17-9-10-3-2-4-11(15)7-10/h2-8,17H,9,16H2,1H3. The fourth-order valence-corrected chi connectivity index (χ4v) is 3.24. The lowest BCUT2D eigenvalue weighted by Gasteiger charge is -2.11. The van der Waals surface area contributed by atoms with Gasteiger partial charge in [-0.15, -0.1) is 0 Å². The van der Waals surface area contributed by atoms with Crippen molar-refractivity contribution in [3.8, 4) is 5.75 Å². The van der Waals surface area contributed by atoms with Crippen LogP contribution in [-0.2, 0) is 16.6 Å². The van der Waals surface area contributed by atoms with Gasteiger partial charge < -0.3 is 10.5 Å². The van der Waals surface area contributed by atoms with Gasteiger partial charge in [0.25, 0.3) is 0 Å². The van der Waals surface area contributed by atoms with Gasteiger partial charge in [0.1, 0.15) is 10.6 Å². The monoisotopic (exact) mass is 326 g/mol. The average molecular weight is 327 g/mol. The van der Waals surface area contributed by atoms with Crippen LogP contribution in [0.25, 0.3) is 0 Å². The summed E-state index contributed by atoms with van der Waals surface area (Å²) in [6.07, 6.45) is 0. The van der Waals surface area contributed by atoms with Crippen LogP contribution in [0.2, 0.25) is 5.02 Å². The lowest BCUT2D eigenvalue weighted by molar-refractivity contribution is 0.402. The number of nitrogen functional groups attached to an aromatic ring is 1. The first-order chi connectivity index (χ1) is 9.92. The normalized spacial score (nSPS) is 11.3. The van der Waals surface area contributed by atoms with Gasteiger partial charge in [-0.3, -0.25) is 0 Å². The quantitative estimate of drug-likeness (QED) is 0.827. The largest absolute Gasteiger partial charge is 0.495 e. The predicted molar refractivity (Wildman–Crippen MR) is 82.9 cm³/mol. The molecule has 0 aliphatic carbocycles. The first kappa shape index (κ1) is 15.6. The summed E-state index contributed by atoms with van der Waals surface area (Å²) in [5.74, 6) is 0.239. The molecule has 0 aromatic heterocycles. The third-order valence-electron chi connectivity index (χ3n) is 2.83. The van der Waals surface area contributed by atoms with Gasteiger partial charge in [-0.1, -0.05) is 23.7 Å². The number of nitrogens with two attached hydrogens (primary N) is 1. The zero-order valence-corrected chi connectivity index (χ0v) is 12.9. The average Bonchev–Trinajstić information content (AvgIpc) is 2.45. The topological polar surface area (TPSA) is 81.4 Å². The molecule has 2 aromatic rings. The van der Waals surface area contributed by atoms with E-state index in [1.165, 1.54) is 19.2 Å². The number of sulfonamides is 1. The van der Waals surface area contributed by atoms with E-state index in [4.69, 9.17) is 22.1 Å². The number of halogens is 1. The molecule has 0 radical (unpaired) electrons. The number of rotatable bonds is 5. The summed E-state index contributed by atoms with van der Waals surface area (Å²) < 4.78 is 32.2. The predicted octanol–water partition coefficient (Wildman–Crippen LogP) is 2.41. The maximum atomic E-state index is 12.3. The Hall–Kier alpha value is -1.76. The number of hydrogen-bond donors (Lipinski definition) is 2. The molecule has 0 atom stereocenters. The van der Waals surface area contributed by atoms with Crippen LogP contribution in [0.4, 0.5) is 5.69 Å². The van der Waals surface area contributed by atoms with E-state index < -0.39 is 10.0 Å². The lowest BCUT2D eigenvalue weighted by Crippen LogP contribution is -2.23. The fourth-order valence-electron chi connectivity index (χ4n) is 1.81. The van der Waals surface area contributed by atoms with Gasteiger partial charge in [0.05, 0.1) is 7.11 Å². The zero-order chi connectivity index (χ0) is 15.5. The third kappa shape index (κ3) is 3.87. The van der Waals surface area contributed by atoms with Crippen molar-refractivity contribution in [2.45, 2.75) is 11.4 Å². The minimum atomic E-state index is -3.73. The van der Waals surface area contributed by atoms with Gasteiger partial charge in [0, 0.05) is 17.3 Å². The Balaban J connectivity index is 2.24. The molecule has 5 nitrogen and oxygen atoms in total. The maximum Gasteiger partial charge on any atom is 0.244 e. The molecule has 7 heteroatoms. The number of nitrogens with one attached hydrogen (secondary N) is 1. The van der Waals surface area contributed by atoms with Crippen molar-refractivity contribution in [1.29, 1.82) is 0 Å². The van der Waals surface area contributed by atoms with E-state index in [0.29, 0.717) is 10.7 Å². The van der Waals surface area contributed by atoms with Crippen molar-refractivity contribution in [3.05, 3.63) is 53.1 Å². The van der Waals surface area contributed by atoms with E-state index in [0.717, 1.165) is 5.56 Å². The van der Waals surface area contributed by atoms with E-state index >= 15 is 0 Å². The van der Waals surface area contributed by atoms with Crippen LogP contribution in [-0.4, -0.2) is 15.5 Å². The lowest BCUT2D eigenvalue weighted by atomic mass is 10.2. The number of methoxy groups -OCH3 is 1. The van der Waals surface area contributed by atoms with Gasteiger partial charge in [-0.05, 0) is 35.9 Å². The molecule has 0 heterocycles. The Labute approximate surface area is 128 Å². The van der Waals surface area contributed by atoms with Crippen molar-refractivity contribution in [2.24, 2.45) is 0 Å². The van der Waals surface area contributed by atoms with E-state index in [1.54, 1.807) is 30.3 Å². The summed E-state index contributed by atoms with van der Waals surface area (Å²) in [6, 6.07) is 11.4. The molecule has 0 fully saturated rings. The SMILES string of the molecule is COc1ccc(N)cc1S(=O)(=O)NCc1cccc(Cl)c1. The second kappa shape index (κ2) is 6.34. The first-order valence-electron chi connectivity index (χ1n) is 6.10. The van der Waals surface area contributed by atoms with Gasteiger partial charge in [0.15, 0.2) is 0 Å². The molecule has 0 saturated heterocycles. The summed E-state index contributed by atoms with van der Waals surface area (Å²) in [7, 11) is -2.33. The summed E-state index contributed by atoms with van der Waals surface area (Å²) in [6.45, 7) is 0.126. The summed E-state index contributed by atoms with van der Waals surface area (Å²) in [4.78, 5) is 0.00651. The Morgan fingerprint density at radius 3 is 2.67 bits per heavy atom. The fraction of sp³-hybridized carbons (Fsp3) is 0.143. The van der Waals surface area contributed by atoms with E-state index in [1.807, 2.05) is 0 Å². The Kier molecular flexibility index (Phi) is 4.72. The second-order valence-corrected chi connectivity index (χ2v) is 6.54. The molecule has 2 rings (SSSR count). The van der Waals surface area contributed by atoms with Crippen LogP contribution in [0.3, 0.4) is 0 Å². The van der Waals surface area contributed by atoms with Crippen LogP contribution in [0.5, 0.6) is 5.75 Å². The summed E-state index contributed by atoms with van der Waals surface area (Å²) in [5, 5.41) is 0.549. The second-order valence-electron chi connectivity index (χ2n) is 4.36. The van der Waals surface area contributed by atoms with Crippen molar-refractivity contribution in [3.63, 3.8) is 0 Å². The summed E-state index contributed by atoms with van der Waals surface area (Å²) in [5.41, 5.74) is 6.75. The van der Waals surface area contributed by atoms with E-state index in [-0.39, 0.29) is 17.2 Å². The molecular weight excluding hydrogens is 312 g/mol. The smallest absolute Gasteiger partial charge is 0.244 e. The highest BCUT2D eigenvalue weighted by Crippen LogP contribution is 2.25. The highest BCUT2D eigenvalue weighted by atomic mass is 35.5. The minimum absolute atomic E-state index is 0.00651. The van der Waals surface area contributed by atoms with E-state index in [9.17, 15) is 8.42 Å². The Morgan fingerprint density at radius 1 is 1.24 bits per heavy atom. The highest BCUT2D eigenvalue weighted by Gasteiger charge is 2.19. The Bertz CT molecular complexity index is 748. The van der Waals surface area contributed by atoms with Gasteiger partial charge >= 0.3 is 0 Å². The molecule has 0 bridgehead atoms. The molecule has 3 N–H and O–H groups in total. The van der Waals surface area contributed by atoms with Crippen molar-refractivity contribution in [1.82, 2.24) is 4.72 Å².